The molecule has 0 aliphatic carbocycles. The smallest absolute Gasteiger partial charge is 0.273 e. The number of rotatable bonds is 4. The van der Waals surface area contributed by atoms with Gasteiger partial charge in [0.05, 0.1) is 0 Å². The Hall–Kier alpha value is -0.880. The van der Waals surface area contributed by atoms with Crippen molar-refractivity contribution in [3.8, 4) is 0 Å². The van der Waals surface area contributed by atoms with Crippen molar-refractivity contribution in [1.29, 1.82) is 0 Å². The fraction of sp³-hybridized carbons (Fsp3) is 0.444. The average Bonchev–Trinajstić information content (AvgIpc) is 2.51. The van der Waals surface area contributed by atoms with Crippen LogP contribution in [0.1, 0.15) is 24.6 Å². The standard InChI is InChI=1S/C9H13NO3S2/c1-3-4-8(11)10-15(12,13)9-6-5-7(2)14-9/h5-6H,3-4H2,1-2H3,(H,10,11). The molecular weight excluding hydrogens is 234 g/mol. The highest BCUT2D eigenvalue weighted by molar-refractivity contribution is 7.92. The maximum Gasteiger partial charge on any atom is 0.273 e. The van der Waals surface area contributed by atoms with Crippen molar-refractivity contribution in [2.75, 3.05) is 0 Å². The van der Waals surface area contributed by atoms with Gasteiger partial charge in [-0.1, -0.05) is 6.92 Å². The Bertz CT molecular complexity index is 448. The lowest BCUT2D eigenvalue weighted by atomic mass is 10.3. The third-order valence-electron chi connectivity index (χ3n) is 1.71. The van der Waals surface area contributed by atoms with Gasteiger partial charge in [0.15, 0.2) is 0 Å². The molecule has 0 unspecified atom stereocenters. The Labute approximate surface area is 93.4 Å². The second-order valence-electron chi connectivity index (χ2n) is 3.14. The van der Waals surface area contributed by atoms with E-state index in [1.807, 2.05) is 18.6 Å². The molecular formula is C9H13NO3S2. The highest BCUT2D eigenvalue weighted by Crippen LogP contribution is 2.20. The van der Waals surface area contributed by atoms with Crippen molar-refractivity contribution >= 4 is 27.3 Å². The molecule has 0 saturated heterocycles. The second-order valence-corrected chi connectivity index (χ2v) is 6.34. The molecule has 6 heteroatoms. The van der Waals surface area contributed by atoms with Gasteiger partial charge >= 0.3 is 0 Å². The summed E-state index contributed by atoms with van der Waals surface area (Å²) in [5.41, 5.74) is 0. The van der Waals surface area contributed by atoms with Crippen LogP contribution < -0.4 is 4.72 Å². The van der Waals surface area contributed by atoms with Crippen LogP contribution in [0.3, 0.4) is 0 Å². The van der Waals surface area contributed by atoms with Gasteiger partial charge in [-0.25, -0.2) is 13.1 Å². The molecule has 0 bridgehead atoms. The first-order valence-electron chi connectivity index (χ1n) is 4.58. The Morgan fingerprint density at radius 2 is 2.13 bits per heavy atom. The van der Waals surface area contributed by atoms with E-state index in [0.717, 1.165) is 16.2 Å². The van der Waals surface area contributed by atoms with E-state index in [-0.39, 0.29) is 10.6 Å². The lowest BCUT2D eigenvalue weighted by Crippen LogP contribution is -2.29. The Balaban J connectivity index is 2.81. The predicted octanol–water partition coefficient (Wildman–Crippen LogP) is 1.66. The van der Waals surface area contributed by atoms with Gasteiger partial charge in [0.1, 0.15) is 4.21 Å². The summed E-state index contributed by atoms with van der Waals surface area (Å²) in [5.74, 6) is -0.455. The van der Waals surface area contributed by atoms with Crippen LogP contribution >= 0.6 is 11.3 Å². The van der Waals surface area contributed by atoms with Crippen molar-refractivity contribution in [1.82, 2.24) is 4.72 Å². The molecule has 0 aliphatic rings. The number of sulfonamides is 1. The van der Waals surface area contributed by atoms with Crippen molar-refractivity contribution < 1.29 is 13.2 Å². The minimum atomic E-state index is -3.64. The predicted molar refractivity (Wildman–Crippen MR) is 59.3 cm³/mol. The molecule has 0 atom stereocenters. The highest BCUT2D eigenvalue weighted by atomic mass is 32.2. The van der Waals surface area contributed by atoms with E-state index in [1.54, 1.807) is 6.07 Å². The zero-order chi connectivity index (χ0) is 11.5. The quantitative estimate of drug-likeness (QED) is 0.880. The molecule has 84 valence electrons. The minimum absolute atomic E-state index is 0.185. The highest BCUT2D eigenvalue weighted by Gasteiger charge is 2.18. The van der Waals surface area contributed by atoms with E-state index in [4.69, 9.17) is 0 Å². The molecule has 1 rings (SSSR count). The number of nitrogens with one attached hydrogen (secondary N) is 1. The van der Waals surface area contributed by atoms with Gasteiger partial charge in [0.2, 0.25) is 5.91 Å². The number of carbonyl (C=O) groups is 1. The van der Waals surface area contributed by atoms with Crippen LogP contribution in [0.15, 0.2) is 16.3 Å². The molecule has 1 heterocycles. The summed E-state index contributed by atoms with van der Waals surface area (Å²) in [6, 6.07) is 3.21. The summed E-state index contributed by atoms with van der Waals surface area (Å²) in [6.45, 7) is 3.64. The van der Waals surface area contributed by atoms with Crippen molar-refractivity contribution in [3.63, 3.8) is 0 Å². The third kappa shape index (κ3) is 3.32. The average molecular weight is 247 g/mol. The molecule has 15 heavy (non-hydrogen) atoms. The second kappa shape index (κ2) is 4.76. The number of hydrogen-bond acceptors (Lipinski definition) is 4. The summed E-state index contributed by atoms with van der Waals surface area (Å²) in [7, 11) is -3.64. The Kier molecular flexibility index (Phi) is 3.87. The van der Waals surface area contributed by atoms with E-state index in [2.05, 4.69) is 0 Å². The van der Waals surface area contributed by atoms with Crippen molar-refractivity contribution in [2.45, 2.75) is 30.9 Å². The summed E-state index contributed by atoms with van der Waals surface area (Å²) >= 11 is 1.15. The lowest BCUT2D eigenvalue weighted by molar-refractivity contribution is -0.119. The van der Waals surface area contributed by atoms with E-state index < -0.39 is 15.9 Å². The van der Waals surface area contributed by atoms with Crippen LogP contribution in [0, 0.1) is 6.92 Å². The molecule has 0 aliphatic heterocycles. The molecule has 0 saturated carbocycles. The number of carbonyl (C=O) groups excluding carboxylic acids is 1. The first-order chi connectivity index (χ1) is 6.95. The zero-order valence-corrected chi connectivity index (χ0v) is 10.2. The maximum absolute atomic E-state index is 11.6. The number of hydrogen-bond donors (Lipinski definition) is 1. The van der Waals surface area contributed by atoms with Gasteiger partial charge in [-0.15, -0.1) is 11.3 Å². The number of amides is 1. The molecule has 1 amide bonds. The molecule has 1 aromatic rings. The van der Waals surface area contributed by atoms with Crippen LogP contribution in [0.2, 0.25) is 0 Å². The van der Waals surface area contributed by atoms with Crippen LogP contribution in [0.25, 0.3) is 0 Å². The maximum atomic E-state index is 11.6. The summed E-state index contributed by atoms with van der Waals surface area (Å²) in [4.78, 5) is 12.1. The van der Waals surface area contributed by atoms with E-state index in [0.29, 0.717) is 6.42 Å². The first kappa shape index (κ1) is 12.2. The summed E-state index contributed by atoms with van der Waals surface area (Å²) < 4.78 is 25.4. The van der Waals surface area contributed by atoms with Gasteiger partial charge in [0.25, 0.3) is 10.0 Å². The summed E-state index contributed by atoms with van der Waals surface area (Å²) in [5, 5.41) is 0. The van der Waals surface area contributed by atoms with Gasteiger partial charge < -0.3 is 0 Å². The Morgan fingerprint density at radius 1 is 1.47 bits per heavy atom. The van der Waals surface area contributed by atoms with Crippen LogP contribution in [0.5, 0.6) is 0 Å². The fourth-order valence-corrected chi connectivity index (χ4v) is 3.33. The molecule has 1 aromatic heterocycles. The van der Waals surface area contributed by atoms with Crippen molar-refractivity contribution in [2.24, 2.45) is 0 Å². The normalized spacial score (nSPS) is 11.3. The molecule has 0 radical (unpaired) electrons. The zero-order valence-electron chi connectivity index (χ0n) is 8.61. The van der Waals surface area contributed by atoms with Crippen LogP contribution in [0.4, 0.5) is 0 Å². The van der Waals surface area contributed by atoms with Gasteiger partial charge in [-0.3, -0.25) is 4.79 Å². The topological polar surface area (TPSA) is 63.2 Å². The SMILES string of the molecule is CCCC(=O)NS(=O)(=O)c1ccc(C)s1. The van der Waals surface area contributed by atoms with Gasteiger partial charge in [-0.2, -0.15) is 0 Å². The van der Waals surface area contributed by atoms with E-state index in [9.17, 15) is 13.2 Å². The molecule has 1 N–H and O–H groups in total. The molecule has 0 fully saturated rings. The van der Waals surface area contributed by atoms with Crippen LogP contribution in [-0.4, -0.2) is 14.3 Å². The van der Waals surface area contributed by atoms with Crippen LogP contribution in [-0.2, 0) is 14.8 Å². The van der Waals surface area contributed by atoms with Crippen molar-refractivity contribution in [3.05, 3.63) is 17.0 Å². The first-order valence-corrected chi connectivity index (χ1v) is 6.87. The van der Waals surface area contributed by atoms with Gasteiger partial charge in [-0.05, 0) is 25.5 Å². The largest absolute Gasteiger partial charge is 0.274 e. The third-order valence-corrected chi connectivity index (χ3v) is 4.57. The Morgan fingerprint density at radius 3 is 2.60 bits per heavy atom. The van der Waals surface area contributed by atoms with E-state index >= 15 is 0 Å². The molecule has 0 spiro atoms. The molecule has 4 nitrogen and oxygen atoms in total. The summed E-state index contributed by atoms with van der Waals surface area (Å²) in [6.07, 6.45) is 0.856. The fourth-order valence-electron chi connectivity index (χ4n) is 1.03. The number of thiophene rings is 1. The minimum Gasteiger partial charge on any atom is -0.274 e. The molecule has 0 aromatic carbocycles. The lowest BCUT2D eigenvalue weighted by Gasteiger charge is -2.03. The van der Waals surface area contributed by atoms with Gasteiger partial charge in [0, 0.05) is 11.3 Å². The monoisotopic (exact) mass is 247 g/mol. The van der Waals surface area contributed by atoms with E-state index in [1.165, 1.54) is 6.07 Å². The number of aryl methyl sites for hydroxylation is 1.